The molecule has 14 heteroatoms. The van der Waals surface area contributed by atoms with E-state index >= 15 is 0 Å². The quantitative estimate of drug-likeness (QED) is 0.352. The first-order chi connectivity index (χ1) is 15.9. The van der Waals surface area contributed by atoms with Gasteiger partial charge in [0, 0.05) is 24.5 Å². The Morgan fingerprint density at radius 3 is 2.12 bits per heavy atom. The molecule has 0 radical (unpaired) electrons. The number of amides is 1. The van der Waals surface area contributed by atoms with E-state index in [2.05, 4.69) is 20.0 Å². The maximum absolute atomic E-state index is 13.2. The van der Waals surface area contributed by atoms with E-state index in [1.165, 1.54) is 25.4 Å². The van der Waals surface area contributed by atoms with Gasteiger partial charge < -0.3 is 10.6 Å². The molecule has 2 rings (SSSR count). The van der Waals surface area contributed by atoms with Crippen LogP contribution in [0.5, 0.6) is 0 Å². The molecule has 0 aliphatic heterocycles. The number of nitrogens with zero attached hydrogens (tertiary/aromatic N) is 5. The summed E-state index contributed by atoms with van der Waals surface area (Å²) < 4.78 is 92.2. The normalized spacial score (nSPS) is 13.8. The number of alkyl halides is 7. The molecule has 0 spiro atoms. The largest absolute Gasteiger partial charge is 0.416 e. The Balaban J connectivity index is 2.58. The number of rotatable bonds is 7. The molecule has 184 valence electrons. The zero-order valence-electron chi connectivity index (χ0n) is 17.6. The Bertz CT molecular complexity index is 1010. The highest BCUT2D eigenvalue weighted by molar-refractivity contribution is 6.01. The maximum Gasteiger partial charge on any atom is 0.416 e. The van der Waals surface area contributed by atoms with Gasteiger partial charge in [0.1, 0.15) is 0 Å². The summed E-state index contributed by atoms with van der Waals surface area (Å²) in [6.45, 7) is 0.0906. The van der Waals surface area contributed by atoms with Gasteiger partial charge in [-0.05, 0) is 37.6 Å². The van der Waals surface area contributed by atoms with Crippen molar-refractivity contribution < 1.29 is 35.5 Å². The van der Waals surface area contributed by atoms with Gasteiger partial charge in [-0.3, -0.25) is 9.18 Å². The van der Waals surface area contributed by atoms with Crippen LogP contribution in [0.4, 0.5) is 36.7 Å². The standard InChI is InChI=1S/C20H19F7N6O/c1-12(16(31-11-28)32-18-29-5-3-6-30-18)33(7-2-4-21)17(34)13-8-14(19(22,23)24)10-15(9-13)20(25,26)27/h3,5-6,8-12H,2,4,7H2,1H3,(H2,28,29,30,31,32). The molecule has 2 aromatic rings. The van der Waals surface area contributed by atoms with Crippen molar-refractivity contribution in [1.29, 1.82) is 0 Å². The molecule has 0 aliphatic carbocycles. The van der Waals surface area contributed by atoms with Crippen LogP contribution in [0.1, 0.15) is 34.8 Å². The first-order valence-corrected chi connectivity index (χ1v) is 9.64. The van der Waals surface area contributed by atoms with Crippen LogP contribution in [0.25, 0.3) is 0 Å². The SMILES string of the molecule is CC(C(N=CN)=Nc1ncccn1)N(CCCF)C(=O)c1cc(C(F)(F)F)cc(C(F)(F)F)c1. The van der Waals surface area contributed by atoms with E-state index in [-0.39, 0.29) is 30.8 Å². The van der Waals surface area contributed by atoms with E-state index < -0.39 is 47.7 Å². The van der Waals surface area contributed by atoms with Gasteiger partial charge in [-0.1, -0.05) is 0 Å². The third-order valence-electron chi connectivity index (χ3n) is 4.44. The lowest BCUT2D eigenvalue weighted by Gasteiger charge is -2.29. The Labute approximate surface area is 189 Å². The lowest BCUT2D eigenvalue weighted by Crippen LogP contribution is -2.44. The molecule has 7 nitrogen and oxygen atoms in total. The van der Waals surface area contributed by atoms with E-state index in [0.717, 1.165) is 11.2 Å². The molecule has 34 heavy (non-hydrogen) atoms. The lowest BCUT2D eigenvalue weighted by molar-refractivity contribution is -0.143. The first kappa shape index (κ1) is 26.7. The molecule has 0 saturated carbocycles. The second-order valence-corrected chi connectivity index (χ2v) is 6.81. The molecule has 1 unspecified atom stereocenters. The molecule has 1 amide bonds. The number of benzene rings is 1. The Morgan fingerprint density at radius 2 is 1.65 bits per heavy atom. The summed E-state index contributed by atoms with van der Waals surface area (Å²) in [5.74, 6) is -1.48. The Morgan fingerprint density at radius 1 is 1.09 bits per heavy atom. The zero-order valence-corrected chi connectivity index (χ0v) is 17.6. The number of hydrogen-bond donors (Lipinski definition) is 1. The molecular formula is C20H19F7N6O. The molecule has 1 aromatic heterocycles. The molecule has 0 fully saturated rings. The monoisotopic (exact) mass is 492 g/mol. The highest BCUT2D eigenvalue weighted by Crippen LogP contribution is 2.36. The summed E-state index contributed by atoms with van der Waals surface area (Å²) in [7, 11) is 0. The molecule has 0 bridgehead atoms. The van der Waals surface area contributed by atoms with Crippen LogP contribution >= 0.6 is 0 Å². The van der Waals surface area contributed by atoms with Crippen LogP contribution < -0.4 is 5.73 Å². The Kier molecular flexibility index (Phi) is 8.65. The van der Waals surface area contributed by atoms with E-state index in [1.54, 1.807) is 0 Å². The lowest BCUT2D eigenvalue weighted by atomic mass is 10.0. The summed E-state index contributed by atoms with van der Waals surface area (Å²) in [6, 6.07) is 0.861. The van der Waals surface area contributed by atoms with Gasteiger partial charge in [0.15, 0.2) is 5.84 Å². The fourth-order valence-electron chi connectivity index (χ4n) is 2.84. The molecule has 1 heterocycles. The third kappa shape index (κ3) is 6.96. The van der Waals surface area contributed by atoms with Gasteiger partial charge in [0.2, 0.25) is 0 Å². The van der Waals surface area contributed by atoms with Gasteiger partial charge in [0.25, 0.3) is 11.9 Å². The number of carbonyl (C=O) groups is 1. The van der Waals surface area contributed by atoms with Gasteiger partial charge in [-0.15, -0.1) is 0 Å². The van der Waals surface area contributed by atoms with Crippen molar-refractivity contribution in [2.45, 2.75) is 31.7 Å². The highest BCUT2D eigenvalue weighted by Gasteiger charge is 2.38. The summed E-state index contributed by atoms with van der Waals surface area (Å²) in [5.41, 5.74) is 1.11. The fraction of sp³-hybridized carbons (Fsp3) is 0.350. The van der Waals surface area contributed by atoms with Crippen molar-refractivity contribution >= 4 is 24.0 Å². The van der Waals surface area contributed by atoms with Crippen LogP contribution in [-0.4, -0.2) is 52.2 Å². The second kappa shape index (κ2) is 11.0. The molecule has 1 aromatic carbocycles. The number of nitrogens with two attached hydrogens (primary N) is 1. The van der Waals surface area contributed by atoms with Gasteiger partial charge in [-0.25, -0.2) is 15.0 Å². The van der Waals surface area contributed by atoms with E-state index in [1.807, 2.05) is 0 Å². The summed E-state index contributed by atoms with van der Waals surface area (Å²) in [6.07, 6.45) is -7.01. The van der Waals surface area contributed by atoms with Crippen LogP contribution in [0.2, 0.25) is 0 Å². The summed E-state index contributed by atoms with van der Waals surface area (Å²) in [4.78, 5) is 29.5. The number of halogens is 7. The van der Waals surface area contributed by atoms with E-state index in [4.69, 9.17) is 5.73 Å². The minimum atomic E-state index is -5.15. The summed E-state index contributed by atoms with van der Waals surface area (Å²) >= 11 is 0. The third-order valence-corrected chi connectivity index (χ3v) is 4.44. The summed E-state index contributed by atoms with van der Waals surface area (Å²) in [5, 5.41) is 0. The first-order valence-electron chi connectivity index (χ1n) is 9.64. The number of hydrogen-bond acceptors (Lipinski definition) is 4. The van der Waals surface area contributed by atoms with Crippen molar-refractivity contribution in [2.75, 3.05) is 13.2 Å². The van der Waals surface area contributed by atoms with Crippen LogP contribution in [0.3, 0.4) is 0 Å². The van der Waals surface area contributed by atoms with E-state index in [9.17, 15) is 35.5 Å². The van der Waals surface area contributed by atoms with Gasteiger partial charge in [-0.2, -0.15) is 31.3 Å². The van der Waals surface area contributed by atoms with Crippen molar-refractivity contribution in [3.63, 3.8) is 0 Å². The second-order valence-electron chi connectivity index (χ2n) is 6.81. The minimum Gasteiger partial charge on any atom is -0.390 e. The van der Waals surface area contributed by atoms with Crippen LogP contribution in [0, 0.1) is 0 Å². The number of amidine groups is 1. The topological polar surface area (TPSA) is 96.8 Å². The van der Waals surface area contributed by atoms with Crippen LogP contribution in [-0.2, 0) is 12.4 Å². The fourth-order valence-corrected chi connectivity index (χ4v) is 2.84. The Hall–Kier alpha value is -3.58. The number of aromatic nitrogens is 2. The maximum atomic E-state index is 13.2. The highest BCUT2D eigenvalue weighted by atomic mass is 19.4. The zero-order chi connectivity index (χ0) is 25.5. The molecular weight excluding hydrogens is 473 g/mol. The van der Waals surface area contributed by atoms with E-state index in [0.29, 0.717) is 12.1 Å². The number of aliphatic imine (C=N–C) groups is 2. The van der Waals surface area contributed by atoms with Crippen molar-refractivity contribution in [2.24, 2.45) is 15.7 Å². The number of carbonyl (C=O) groups excluding carboxylic acids is 1. The predicted octanol–water partition coefficient (Wildman–Crippen LogP) is 4.42. The molecule has 0 aliphatic rings. The minimum absolute atomic E-state index is 0.0914. The van der Waals surface area contributed by atoms with Gasteiger partial charge in [0.05, 0.1) is 30.2 Å². The molecule has 2 N–H and O–H groups in total. The van der Waals surface area contributed by atoms with Crippen molar-refractivity contribution in [3.05, 3.63) is 53.3 Å². The van der Waals surface area contributed by atoms with Gasteiger partial charge >= 0.3 is 12.4 Å². The smallest absolute Gasteiger partial charge is 0.390 e. The predicted molar refractivity (Wildman–Crippen MR) is 109 cm³/mol. The van der Waals surface area contributed by atoms with Crippen LogP contribution in [0.15, 0.2) is 46.6 Å². The average Bonchev–Trinajstić information content (AvgIpc) is 2.78. The average molecular weight is 492 g/mol. The van der Waals surface area contributed by atoms with Crippen molar-refractivity contribution in [3.8, 4) is 0 Å². The van der Waals surface area contributed by atoms with Crippen molar-refractivity contribution in [1.82, 2.24) is 14.9 Å². The molecule has 0 saturated heterocycles. The molecule has 1 atom stereocenters.